The highest BCUT2D eigenvalue weighted by Gasteiger charge is 2.38. The van der Waals surface area contributed by atoms with Crippen LogP contribution in [0.3, 0.4) is 0 Å². The molecule has 0 radical (unpaired) electrons. The molecule has 2 aliphatic rings. The number of hydrogen-bond donors (Lipinski definition) is 2. The Morgan fingerprint density at radius 3 is 1.42 bits per heavy atom. The van der Waals surface area contributed by atoms with Crippen LogP contribution in [0.2, 0.25) is 0 Å². The van der Waals surface area contributed by atoms with Crippen LogP contribution in [0.25, 0.3) is 0 Å². The van der Waals surface area contributed by atoms with Gasteiger partial charge in [0.25, 0.3) is 11.4 Å². The van der Waals surface area contributed by atoms with Crippen LogP contribution in [0.4, 0.5) is 25.8 Å². The molecule has 15 nitrogen and oxygen atoms in total. The summed E-state index contributed by atoms with van der Waals surface area (Å²) in [6.07, 6.45) is -4.96. The van der Waals surface area contributed by atoms with Crippen molar-refractivity contribution in [2.24, 2.45) is 0 Å². The van der Waals surface area contributed by atoms with Gasteiger partial charge < -0.3 is 29.6 Å². The van der Waals surface area contributed by atoms with Crippen molar-refractivity contribution in [2.45, 2.75) is 24.3 Å². The highest BCUT2D eigenvalue weighted by Crippen LogP contribution is 2.30. The molecule has 0 aliphatic carbocycles. The summed E-state index contributed by atoms with van der Waals surface area (Å²) in [5, 5.41) is 26.9. The van der Waals surface area contributed by atoms with Gasteiger partial charge in [-0.2, -0.15) is 0 Å². The van der Waals surface area contributed by atoms with Gasteiger partial charge >= 0.3 is 18.3 Å². The maximum Gasteiger partial charge on any atom is 0.509 e. The van der Waals surface area contributed by atoms with Crippen molar-refractivity contribution in [3.63, 3.8) is 0 Å². The molecule has 2 amide bonds. The average molecular weight is 502 g/mol. The van der Waals surface area contributed by atoms with Gasteiger partial charge in [0.1, 0.15) is 25.3 Å². The summed E-state index contributed by atoms with van der Waals surface area (Å²) in [5.74, 6) is 0. The third-order valence-corrected chi connectivity index (χ3v) is 5.44. The minimum absolute atomic E-state index is 0.147. The lowest BCUT2D eigenvalue weighted by Gasteiger charge is -2.26. The second-order valence-electron chi connectivity index (χ2n) is 7.72. The summed E-state index contributed by atoms with van der Waals surface area (Å²) >= 11 is 0. The number of ether oxygens (including phenoxy) is 4. The standard InChI is InChI=1S/C21H18N4O11/c26-19-22-15(9-33-19)17(11-1-5-13(6-2-11)24(29)30)35-21(28)36-18(16-10-34-20(27)23-16)12-3-7-14(8-4-12)25(31)32/h1-8,15-18H,9-10H2,(H,22,26)(H,23,27)/t15-,16-,17?,18?/m0/s1. The Bertz CT molecular complexity index is 1090. The summed E-state index contributed by atoms with van der Waals surface area (Å²) in [6.45, 7) is -0.294. The van der Waals surface area contributed by atoms with Crippen molar-refractivity contribution in [1.29, 1.82) is 0 Å². The summed E-state index contributed by atoms with van der Waals surface area (Å²) in [7, 11) is 0. The van der Waals surface area contributed by atoms with E-state index in [1.54, 1.807) is 0 Å². The van der Waals surface area contributed by atoms with Crippen molar-refractivity contribution >= 4 is 29.7 Å². The number of carbonyl (C=O) groups excluding carboxylic acids is 3. The van der Waals surface area contributed by atoms with Gasteiger partial charge in [0, 0.05) is 24.3 Å². The van der Waals surface area contributed by atoms with Crippen LogP contribution in [0.15, 0.2) is 48.5 Å². The minimum atomic E-state index is -1.20. The van der Waals surface area contributed by atoms with Gasteiger partial charge in [-0.25, -0.2) is 14.4 Å². The molecule has 36 heavy (non-hydrogen) atoms. The maximum atomic E-state index is 12.9. The smallest absolute Gasteiger partial charge is 0.447 e. The van der Waals surface area contributed by atoms with E-state index >= 15 is 0 Å². The highest BCUT2D eigenvalue weighted by molar-refractivity contribution is 5.71. The van der Waals surface area contributed by atoms with Crippen LogP contribution < -0.4 is 10.6 Å². The van der Waals surface area contributed by atoms with E-state index in [-0.39, 0.29) is 24.6 Å². The molecule has 0 aromatic heterocycles. The molecule has 2 fully saturated rings. The van der Waals surface area contributed by atoms with E-state index in [4.69, 9.17) is 18.9 Å². The number of carbonyl (C=O) groups is 3. The Hall–Kier alpha value is -4.95. The number of rotatable bonds is 8. The number of nitrogens with one attached hydrogen (secondary N) is 2. The summed E-state index contributed by atoms with van der Waals surface area (Å²) in [6, 6.07) is 8.63. The van der Waals surface area contributed by atoms with Crippen LogP contribution in [-0.4, -0.2) is 53.5 Å². The first kappa shape index (κ1) is 24.2. The van der Waals surface area contributed by atoms with E-state index in [2.05, 4.69) is 10.6 Å². The number of amides is 2. The Labute approximate surface area is 201 Å². The van der Waals surface area contributed by atoms with E-state index in [0.29, 0.717) is 11.1 Å². The quantitative estimate of drug-likeness (QED) is 0.233. The molecule has 2 aliphatic heterocycles. The van der Waals surface area contributed by atoms with E-state index in [0.717, 1.165) is 0 Å². The molecule has 2 aromatic carbocycles. The van der Waals surface area contributed by atoms with Gasteiger partial charge in [0.2, 0.25) is 0 Å². The molecule has 2 saturated heterocycles. The number of alkyl carbamates (subject to hydrolysis) is 2. The second-order valence-corrected chi connectivity index (χ2v) is 7.72. The third kappa shape index (κ3) is 5.40. The first-order chi connectivity index (χ1) is 17.2. The molecule has 2 heterocycles. The zero-order valence-electron chi connectivity index (χ0n) is 18.2. The molecule has 4 atom stereocenters. The predicted octanol–water partition coefficient (Wildman–Crippen LogP) is 2.66. The number of nitro groups is 2. The lowest BCUT2D eigenvalue weighted by atomic mass is 10.0. The summed E-state index contributed by atoms with van der Waals surface area (Å²) in [4.78, 5) is 56.7. The van der Waals surface area contributed by atoms with E-state index in [9.17, 15) is 34.6 Å². The number of hydrogen-bond acceptors (Lipinski definition) is 11. The predicted molar refractivity (Wildman–Crippen MR) is 116 cm³/mol. The zero-order valence-corrected chi connectivity index (χ0v) is 18.2. The normalized spacial score (nSPS) is 20.2. The Kier molecular flexibility index (Phi) is 6.80. The Balaban J connectivity index is 1.56. The fourth-order valence-electron chi connectivity index (χ4n) is 3.70. The van der Waals surface area contributed by atoms with Crippen molar-refractivity contribution < 1.29 is 43.2 Å². The molecular weight excluding hydrogens is 484 g/mol. The first-order valence-corrected chi connectivity index (χ1v) is 10.4. The van der Waals surface area contributed by atoms with Crippen LogP contribution in [0.5, 0.6) is 0 Å². The lowest BCUT2D eigenvalue weighted by Crippen LogP contribution is -2.38. The van der Waals surface area contributed by atoms with Gasteiger partial charge in [0.05, 0.1) is 9.85 Å². The first-order valence-electron chi connectivity index (χ1n) is 10.4. The Morgan fingerprint density at radius 2 is 1.14 bits per heavy atom. The molecule has 2 unspecified atom stereocenters. The SMILES string of the molecule is O=C1N[C@H](C(OC(=O)OC(c2ccc([N+](=O)[O-])cc2)[C@@H]2COC(=O)N2)c2ccc([N+](=O)[O-])cc2)CO1. The Morgan fingerprint density at radius 1 is 0.778 bits per heavy atom. The van der Waals surface area contributed by atoms with Gasteiger partial charge in [0.15, 0.2) is 12.2 Å². The topological polar surface area (TPSA) is 198 Å². The van der Waals surface area contributed by atoms with Gasteiger partial charge in [-0.1, -0.05) is 0 Å². The number of benzene rings is 2. The number of nitrogens with zero attached hydrogens (tertiary/aromatic N) is 2. The third-order valence-electron chi connectivity index (χ3n) is 5.44. The molecule has 4 rings (SSSR count). The highest BCUT2D eigenvalue weighted by atomic mass is 16.7. The van der Waals surface area contributed by atoms with Gasteiger partial charge in [-0.15, -0.1) is 0 Å². The maximum absolute atomic E-state index is 12.9. The van der Waals surface area contributed by atoms with E-state index in [1.165, 1.54) is 48.5 Å². The molecule has 0 spiro atoms. The summed E-state index contributed by atoms with van der Waals surface area (Å²) in [5.41, 5.74) is 0.250. The fourth-order valence-corrected chi connectivity index (χ4v) is 3.70. The minimum Gasteiger partial charge on any atom is -0.447 e. The van der Waals surface area contributed by atoms with Gasteiger partial charge in [-0.05, 0) is 35.4 Å². The monoisotopic (exact) mass is 502 g/mol. The molecule has 2 aromatic rings. The second kappa shape index (κ2) is 10.1. The lowest BCUT2D eigenvalue weighted by molar-refractivity contribution is -0.385. The van der Waals surface area contributed by atoms with Crippen LogP contribution in [0, 0.1) is 20.2 Å². The molecule has 0 saturated carbocycles. The van der Waals surface area contributed by atoms with Crippen molar-refractivity contribution in [3.8, 4) is 0 Å². The molecular formula is C21H18N4O11. The largest absolute Gasteiger partial charge is 0.509 e. The average Bonchev–Trinajstić information content (AvgIpc) is 3.49. The summed E-state index contributed by atoms with van der Waals surface area (Å²) < 4.78 is 20.7. The fraction of sp³-hybridized carbons (Fsp3) is 0.286. The molecule has 2 N–H and O–H groups in total. The van der Waals surface area contributed by atoms with Crippen LogP contribution >= 0.6 is 0 Å². The molecule has 188 valence electrons. The van der Waals surface area contributed by atoms with E-state index < -0.39 is 52.5 Å². The zero-order chi connectivity index (χ0) is 25.8. The van der Waals surface area contributed by atoms with Crippen LogP contribution in [0.1, 0.15) is 23.3 Å². The molecule has 0 bridgehead atoms. The van der Waals surface area contributed by atoms with Crippen molar-refractivity contribution in [1.82, 2.24) is 10.6 Å². The number of non-ortho nitro benzene ring substituents is 2. The number of cyclic esters (lactones) is 2. The van der Waals surface area contributed by atoms with E-state index in [1.807, 2.05) is 0 Å². The van der Waals surface area contributed by atoms with Gasteiger partial charge in [-0.3, -0.25) is 20.2 Å². The van der Waals surface area contributed by atoms with Crippen molar-refractivity contribution in [3.05, 3.63) is 79.9 Å². The van der Waals surface area contributed by atoms with Crippen molar-refractivity contribution in [2.75, 3.05) is 13.2 Å². The number of nitro benzene ring substituents is 2. The van der Waals surface area contributed by atoms with Crippen LogP contribution in [-0.2, 0) is 18.9 Å². The molecule has 15 heteroatoms.